The van der Waals surface area contributed by atoms with E-state index in [0.29, 0.717) is 11.3 Å². The van der Waals surface area contributed by atoms with Crippen molar-refractivity contribution in [3.63, 3.8) is 0 Å². The Labute approximate surface area is 92.9 Å². The highest BCUT2D eigenvalue weighted by Crippen LogP contribution is 2.24. The molecule has 1 amide bonds. The average molecular weight is 224 g/mol. The number of aryl methyl sites for hydroxylation is 1. The van der Waals surface area contributed by atoms with Crippen molar-refractivity contribution in [1.82, 2.24) is 4.90 Å². The number of fused-ring (bicyclic) bond motifs is 1. The molecule has 1 aromatic rings. The van der Waals surface area contributed by atoms with Crippen molar-refractivity contribution in [3.05, 3.63) is 41.8 Å². The number of nitrogens with zero attached hydrogens (tertiary/aromatic N) is 1. The molecule has 2 rings (SSSR count). The first-order valence-corrected chi connectivity index (χ1v) is 5.07. The Bertz CT molecular complexity index is 429. The maximum Gasteiger partial charge on any atom is 0.262 e. The molecule has 1 aromatic carbocycles. The number of hydrogen-bond donors (Lipinski definition) is 0. The quantitative estimate of drug-likeness (QED) is 0.541. The number of hydrogen-bond acceptors (Lipinski definition) is 2. The van der Waals surface area contributed by atoms with Gasteiger partial charge >= 0.3 is 0 Å². The van der Waals surface area contributed by atoms with Crippen molar-refractivity contribution in [2.24, 2.45) is 0 Å². The maximum absolute atomic E-state index is 11.9. The zero-order valence-electron chi connectivity index (χ0n) is 8.24. The number of carbonyl (C=O) groups excluding carboxylic acids is 1. The molecule has 0 unspecified atom stereocenters. The summed E-state index contributed by atoms with van der Waals surface area (Å²) in [5.41, 5.74) is 1.56. The standard InChI is InChI=1S/C11H10ClNO2/c1-8-2-3-10-9(6-8)11(14)13(7-12)4-5-15-10/h2-6H,7H2,1H3. The molecule has 1 aliphatic heterocycles. The first kappa shape index (κ1) is 10.1. The maximum atomic E-state index is 11.9. The molecule has 1 heterocycles. The Morgan fingerprint density at radius 3 is 3.00 bits per heavy atom. The van der Waals surface area contributed by atoms with E-state index in [4.69, 9.17) is 16.3 Å². The van der Waals surface area contributed by atoms with Crippen LogP contribution in [0.4, 0.5) is 0 Å². The molecule has 0 aromatic heterocycles. The van der Waals surface area contributed by atoms with Gasteiger partial charge in [0, 0.05) is 6.20 Å². The van der Waals surface area contributed by atoms with Crippen LogP contribution in [0.2, 0.25) is 0 Å². The van der Waals surface area contributed by atoms with Crippen LogP contribution in [0.15, 0.2) is 30.7 Å². The minimum absolute atomic E-state index is 0.117. The smallest absolute Gasteiger partial charge is 0.262 e. The van der Waals surface area contributed by atoms with Gasteiger partial charge in [-0.1, -0.05) is 11.6 Å². The summed E-state index contributed by atoms with van der Waals surface area (Å²) in [6, 6.07) is 5.59. The van der Waals surface area contributed by atoms with E-state index in [0.717, 1.165) is 5.56 Å². The van der Waals surface area contributed by atoms with Gasteiger partial charge < -0.3 is 4.74 Å². The summed E-state index contributed by atoms with van der Waals surface area (Å²) >= 11 is 5.65. The van der Waals surface area contributed by atoms with E-state index in [9.17, 15) is 4.79 Å². The normalized spacial score (nSPS) is 14.5. The number of ether oxygens (including phenoxy) is 1. The van der Waals surface area contributed by atoms with Gasteiger partial charge in [-0.25, -0.2) is 0 Å². The Balaban J connectivity index is 2.49. The molecule has 0 saturated heterocycles. The lowest BCUT2D eigenvalue weighted by Crippen LogP contribution is -2.23. The zero-order valence-corrected chi connectivity index (χ0v) is 8.99. The van der Waals surface area contributed by atoms with Crippen LogP contribution < -0.4 is 4.74 Å². The number of carbonyl (C=O) groups is 1. The van der Waals surface area contributed by atoms with Gasteiger partial charge in [0.05, 0.1) is 5.56 Å². The molecule has 0 aliphatic carbocycles. The van der Waals surface area contributed by atoms with Crippen LogP contribution in [0, 0.1) is 6.92 Å². The minimum Gasteiger partial charge on any atom is -0.463 e. The van der Waals surface area contributed by atoms with Gasteiger partial charge in [-0.05, 0) is 19.1 Å². The largest absolute Gasteiger partial charge is 0.463 e. The van der Waals surface area contributed by atoms with Crippen LogP contribution in [0.5, 0.6) is 5.75 Å². The molecule has 0 atom stereocenters. The fourth-order valence-corrected chi connectivity index (χ4v) is 1.60. The van der Waals surface area contributed by atoms with Crippen molar-refractivity contribution < 1.29 is 9.53 Å². The van der Waals surface area contributed by atoms with Crippen LogP contribution in [0.25, 0.3) is 0 Å². The fraction of sp³-hybridized carbons (Fsp3) is 0.182. The van der Waals surface area contributed by atoms with Gasteiger partial charge in [0.1, 0.15) is 18.0 Å². The zero-order chi connectivity index (χ0) is 10.8. The molecule has 0 fully saturated rings. The van der Waals surface area contributed by atoms with Crippen LogP contribution in [-0.4, -0.2) is 16.8 Å². The van der Waals surface area contributed by atoms with Gasteiger partial charge in [-0.3, -0.25) is 9.69 Å². The number of rotatable bonds is 1. The fourth-order valence-electron chi connectivity index (χ4n) is 1.41. The summed E-state index contributed by atoms with van der Waals surface area (Å²) in [5, 5.41) is 0. The van der Waals surface area contributed by atoms with Crippen LogP contribution in [0.3, 0.4) is 0 Å². The molecule has 15 heavy (non-hydrogen) atoms. The molecule has 0 N–H and O–H groups in total. The molecule has 1 aliphatic rings. The first-order valence-electron chi connectivity index (χ1n) is 4.53. The molecular weight excluding hydrogens is 214 g/mol. The molecule has 78 valence electrons. The highest BCUT2D eigenvalue weighted by Gasteiger charge is 2.19. The Hall–Kier alpha value is -1.48. The Morgan fingerprint density at radius 1 is 1.47 bits per heavy atom. The molecular formula is C11H10ClNO2. The lowest BCUT2D eigenvalue weighted by atomic mass is 10.1. The minimum atomic E-state index is -0.141. The second kappa shape index (κ2) is 3.95. The number of amides is 1. The SMILES string of the molecule is Cc1ccc2c(c1)C(=O)N(CCl)C=CO2. The molecule has 0 radical (unpaired) electrons. The number of halogens is 1. The molecule has 0 saturated carbocycles. The summed E-state index contributed by atoms with van der Waals surface area (Å²) in [6.45, 7) is 1.93. The average Bonchev–Trinajstić information content (AvgIpc) is 2.39. The van der Waals surface area contributed by atoms with Crippen LogP contribution in [-0.2, 0) is 0 Å². The number of benzene rings is 1. The summed E-state index contributed by atoms with van der Waals surface area (Å²) in [4.78, 5) is 13.3. The van der Waals surface area contributed by atoms with Gasteiger partial charge in [-0.15, -0.1) is 11.6 Å². The van der Waals surface area contributed by atoms with Crippen molar-refractivity contribution in [2.75, 3.05) is 6.00 Å². The van der Waals surface area contributed by atoms with Crippen molar-refractivity contribution in [3.8, 4) is 5.75 Å². The van der Waals surface area contributed by atoms with Gasteiger partial charge in [0.15, 0.2) is 0 Å². The van der Waals surface area contributed by atoms with E-state index in [2.05, 4.69) is 0 Å². The molecule has 3 nitrogen and oxygen atoms in total. The second-order valence-electron chi connectivity index (χ2n) is 3.30. The number of alkyl halides is 1. The van der Waals surface area contributed by atoms with Crippen molar-refractivity contribution >= 4 is 17.5 Å². The third-order valence-corrected chi connectivity index (χ3v) is 2.45. The van der Waals surface area contributed by atoms with Gasteiger partial charge in [0.2, 0.25) is 0 Å². The first-order chi connectivity index (χ1) is 7.22. The predicted molar refractivity (Wildman–Crippen MR) is 57.8 cm³/mol. The van der Waals surface area contributed by atoms with E-state index in [1.807, 2.05) is 13.0 Å². The van der Waals surface area contributed by atoms with E-state index in [-0.39, 0.29) is 11.9 Å². The van der Waals surface area contributed by atoms with Crippen LogP contribution >= 0.6 is 11.6 Å². The summed E-state index contributed by atoms with van der Waals surface area (Å²) in [5.74, 6) is 0.423. The molecule has 0 bridgehead atoms. The highest BCUT2D eigenvalue weighted by molar-refractivity contribution is 6.19. The topological polar surface area (TPSA) is 29.5 Å². The van der Waals surface area contributed by atoms with Gasteiger partial charge in [0.25, 0.3) is 5.91 Å². The summed E-state index contributed by atoms with van der Waals surface area (Å²) < 4.78 is 5.30. The summed E-state index contributed by atoms with van der Waals surface area (Å²) in [7, 11) is 0. The van der Waals surface area contributed by atoms with Crippen molar-refractivity contribution in [1.29, 1.82) is 0 Å². The van der Waals surface area contributed by atoms with E-state index < -0.39 is 0 Å². The third-order valence-electron chi connectivity index (χ3n) is 2.19. The molecule has 4 heteroatoms. The van der Waals surface area contributed by atoms with E-state index in [1.165, 1.54) is 17.4 Å². The lowest BCUT2D eigenvalue weighted by molar-refractivity contribution is 0.0843. The third kappa shape index (κ3) is 1.83. The summed E-state index contributed by atoms with van der Waals surface area (Å²) in [6.07, 6.45) is 2.99. The Morgan fingerprint density at radius 2 is 2.27 bits per heavy atom. The lowest BCUT2D eigenvalue weighted by Gasteiger charge is -2.12. The Kier molecular flexibility index (Phi) is 2.64. The van der Waals surface area contributed by atoms with E-state index >= 15 is 0 Å². The van der Waals surface area contributed by atoms with E-state index in [1.54, 1.807) is 12.1 Å². The van der Waals surface area contributed by atoms with Crippen molar-refractivity contribution in [2.45, 2.75) is 6.92 Å². The van der Waals surface area contributed by atoms with Crippen LogP contribution in [0.1, 0.15) is 15.9 Å². The second-order valence-corrected chi connectivity index (χ2v) is 3.54. The predicted octanol–water partition coefficient (Wildman–Crippen LogP) is 2.50. The molecule has 0 spiro atoms. The highest BCUT2D eigenvalue weighted by atomic mass is 35.5. The van der Waals surface area contributed by atoms with Gasteiger partial charge in [-0.2, -0.15) is 0 Å². The monoisotopic (exact) mass is 223 g/mol.